The Balaban J connectivity index is 1.98. The molecule has 1 amide bonds. The predicted octanol–water partition coefficient (Wildman–Crippen LogP) is 2.26. The monoisotopic (exact) mass is 276 g/mol. The molecule has 0 saturated carbocycles. The molecule has 1 fully saturated rings. The smallest absolute Gasteiger partial charge is 0.224 e. The minimum Gasteiger partial charge on any atom is -0.497 e. The average molecular weight is 276 g/mol. The first-order valence-electron chi connectivity index (χ1n) is 7.39. The fraction of sp³-hybridized carbons (Fsp3) is 0.562. The summed E-state index contributed by atoms with van der Waals surface area (Å²) in [6, 6.07) is 7.99. The zero-order valence-electron chi connectivity index (χ0n) is 12.3. The van der Waals surface area contributed by atoms with Gasteiger partial charge in [-0.1, -0.05) is 19.1 Å². The zero-order valence-corrected chi connectivity index (χ0v) is 12.3. The van der Waals surface area contributed by atoms with Gasteiger partial charge in [-0.05, 0) is 43.5 Å². The van der Waals surface area contributed by atoms with Crippen molar-refractivity contribution in [3.8, 4) is 5.75 Å². The van der Waals surface area contributed by atoms with Gasteiger partial charge in [-0.3, -0.25) is 4.79 Å². The van der Waals surface area contributed by atoms with E-state index in [9.17, 15) is 4.79 Å². The first kappa shape index (κ1) is 14.9. The number of rotatable bonds is 5. The summed E-state index contributed by atoms with van der Waals surface area (Å²) in [6.07, 6.45) is 2.95. The van der Waals surface area contributed by atoms with E-state index in [1.165, 1.54) is 0 Å². The second-order valence-electron chi connectivity index (χ2n) is 5.29. The topological polar surface area (TPSA) is 50.4 Å². The summed E-state index contributed by atoms with van der Waals surface area (Å²) in [5, 5.41) is 6.45. The first-order valence-corrected chi connectivity index (χ1v) is 7.39. The molecule has 0 aromatic heterocycles. The highest BCUT2D eigenvalue weighted by molar-refractivity contribution is 5.79. The number of amides is 1. The molecule has 1 aliphatic rings. The van der Waals surface area contributed by atoms with E-state index in [0.29, 0.717) is 0 Å². The molecule has 4 nitrogen and oxygen atoms in total. The summed E-state index contributed by atoms with van der Waals surface area (Å²) in [7, 11) is 1.66. The molecule has 0 radical (unpaired) electrons. The van der Waals surface area contributed by atoms with Crippen molar-refractivity contribution < 1.29 is 9.53 Å². The van der Waals surface area contributed by atoms with Crippen molar-refractivity contribution in [1.29, 1.82) is 0 Å². The van der Waals surface area contributed by atoms with Crippen LogP contribution in [0.2, 0.25) is 0 Å². The van der Waals surface area contributed by atoms with Crippen LogP contribution < -0.4 is 15.4 Å². The third-order valence-corrected chi connectivity index (χ3v) is 3.91. The lowest BCUT2D eigenvalue weighted by atomic mass is 9.97. The predicted molar refractivity (Wildman–Crippen MR) is 79.8 cm³/mol. The van der Waals surface area contributed by atoms with Crippen LogP contribution in [0.1, 0.15) is 37.8 Å². The van der Waals surface area contributed by atoms with Crippen LogP contribution in [0.3, 0.4) is 0 Å². The van der Waals surface area contributed by atoms with Crippen LogP contribution in [0.4, 0.5) is 0 Å². The Hall–Kier alpha value is -1.55. The van der Waals surface area contributed by atoms with Crippen LogP contribution in [0.25, 0.3) is 0 Å². The molecule has 2 atom stereocenters. The van der Waals surface area contributed by atoms with Crippen molar-refractivity contribution in [2.75, 3.05) is 20.2 Å². The van der Waals surface area contributed by atoms with Crippen LogP contribution >= 0.6 is 0 Å². The van der Waals surface area contributed by atoms with Gasteiger partial charge in [-0.25, -0.2) is 0 Å². The Bertz CT molecular complexity index is 425. The van der Waals surface area contributed by atoms with E-state index in [0.717, 1.165) is 43.7 Å². The van der Waals surface area contributed by atoms with Crippen molar-refractivity contribution >= 4 is 5.91 Å². The number of benzene rings is 1. The lowest BCUT2D eigenvalue weighted by Gasteiger charge is -2.25. The molecule has 1 heterocycles. The van der Waals surface area contributed by atoms with E-state index in [1.54, 1.807) is 7.11 Å². The molecule has 1 aromatic rings. The molecule has 2 rings (SSSR count). The molecule has 4 heteroatoms. The highest BCUT2D eigenvalue weighted by Gasteiger charge is 2.23. The minimum atomic E-state index is 0.0790. The molecule has 0 aliphatic carbocycles. The maximum Gasteiger partial charge on any atom is 0.224 e. The van der Waals surface area contributed by atoms with Crippen LogP contribution in [0, 0.1) is 5.92 Å². The first-order chi connectivity index (χ1) is 9.74. The average Bonchev–Trinajstić information content (AvgIpc) is 2.53. The number of ether oxygens (including phenoxy) is 1. The lowest BCUT2D eigenvalue weighted by Crippen LogP contribution is -2.41. The molecule has 1 aliphatic heterocycles. The Kier molecular flexibility index (Phi) is 5.41. The summed E-state index contributed by atoms with van der Waals surface area (Å²) < 4.78 is 5.16. The Morgan fingerprint density at radius 3 is 2.75 bits per heavy atom. The minimum absolute atomic E-state index is 0.0790. The quantitative estimate of drug-likeness (QED) is 0.867. The summed E-state index contributed by atoms with van der Waals surface area (Å²) in [5.41, 5.74) is 1.13. The highest BCUT2D eigenvalue weighted by Crippen LogP contribution is 2.21. The Morgan fingerprint density at radius 1 is 1.45 bits per heavy atom. The molecule has 1 saturated heterocycles. The molecule has 20 heavy (non-hydrogen) atoms. The maximum absolute atomic E-state index is 12.3. The number of piperidine rings is 1. The van der Waals surface area contributed by atoms with Crippen LogP contribution in [0.15, 0.2) is 24.3 Å². The second-order valence-corrected chi connectivity index (χ2v) is 5.29. The SMILES string of the molecule is CCC(NC(=O)C1CCCNC1)c1ccc(OC)cc1. The van der Waals surface area contributed by atoms with Gasteiger partial charge in [0.05, 0.1) is 19.1 Å². The Morgan fingerprint density at radius 2 is 2.20 bits per heavy atom. The number of hydrogen-bond donors (Lipinski definition) is 2. The van der Waals surface area contributed by atoms with Gasteiger partial charge in [0.1, 0.15) is 5.75 Å². The number of carbonyl (C=O) groups is 1. The van der Waals surface area contributed by atoms with E-state index in [-0.39, 0.29) is 17.9 Å². The van der Waals surface area contributed by atoms with Crippen LogP contribution in [-0.2, 0) is 4.79 Å². The molecular formula is C16H24N2O2. The fourth-order valence-electron chi connectivity index (χ4n) is 2.62. The van der Waals surface area contributed by atoms with Crippen molar-refractivity contribution in [2.24, 2.45) is 5.92 Å². The van der Waals surface area contributed by atoms with Gasteiger partial charge in [0.25, 0.3) is 0 Å². The van der Waals surface area contributed by atoms with Gasteiger partial charge in [-0.2, -0.15) is 0 Å². The van der Waals surface area contributed by atoms with Gasteiger partial charge in [-0.15, -0.1) is 0 Å². The largest absolute Gasteiger partial charge is 0.497 e. The van der Waals surface area contributed by atoms with E-state index >= 15 is 0 Å². The van der Waals surface area contributed by atoms with Crippen molar-refractivity contribution in [3.63, 3.8) is 0 Å². The van der Waals surface area contributed by atoms with Gasteiger partial charge >= 0.3 is 0 Å². The summed E-state index contributed by atoms with van der Waals surface area (Å²) in [6.45, 7) is 3.92. The van der Waals surface area contributed by atoms with Crippen LogP contribution in [-0.4, -0.2) is 26.1 Å². The molecular weight excluding hydrogens is 252 g/mol. The fourth-order valence-corrected chi connectivity index (χ4v) is 2.62. The summed E-state index contributed by atoms with van der Waals surface area (Å²) >= 11 is 0. The molecule has 1 aromatic carbocycles. The highest BCUT2D eigenvalue weighted by atomic mass is 16.5. The third-order valence-electron chi connectivity index (χ3n) is 3.91. The van der Waals surface area contributed by atoms with E-state index < -0.39 is 0 Å². The number of methoxy groups -OCH3 is 1. The third kappa shape index (κ3) is 3.73. The van der Waals surface area contributed by atoms with Crippen LogP contribution in [0.5, 0.6) is 5.75 Å². The summed E-state index contributed by atoms with van der Waals surface area (Å²) in [5.74, 6) is 1.11. The molecule has 110 valence electrons. The second kappa shape index (κ2) is 7.29. The van der Waals surface area contributed by atoms with Crippen molar-refractivity contribution in [1.82, 2.24) is 10.6 Å². The molecule has 2 N–H and O–H groups in total. The van der Waals surface area contributed by atoms with Gasteiger partial charge in [0.15, 0.2) is 0 Å². The van der Waals surface area contributed by atoms with E-state index in [2.05, 4.69) is 17.6 Å². The Labute approximate surface area is 120 Å². The van der Waals surface area contributed by atoms with Gasteiger partial charge < -0.3 is 15.4 Å². The van der Waals surface area contributed by atoms with Gasteiger partial charge in [0.2, 0.25) is 5.91 Å². The standard InChI is InChI=1S/C16H24N2O2/c1-3-15(12-6-8-14(20-2)9-7-12)18-16(19)13-5-4-10-17-11-13/h6-9,13,15,17H,3-5,10-11H2,1-2H3,(H,18,19). The summed E-state index contributed by atoms with van der Waals surface area (Å²) in [4.78, 5) is 12.3. The van der Waals surface area contributed by atoms with E-state index in [4.69, 9.17) is 4.74 Å². The molecule has 2 unspecified atom stereocenters. The van der Waals surface area contributed by atoms with Crippen molar-refractivity contribution in [2.45, 2.75) is 32.2 Å². The maximum atomic E-state index is 12.3. The zero-order chi connectivity index (χ0) is 14.4. The molecule has 0 spiro atoms. The number of nitrogens with one attached hydrogen (secondary N) is 2. The number of carbonyl (C=O) groups excluding carboxylic acids is 1. The normalized spacial score (nSPS) is 20.2. The van der Waals surface area contributed by atoms with Gasteiger partial charge in [0, 0.05) is 6.54 Å². The molecule has 0 bridgehead atoms. The van der Waals surface area contributed by atoms with Crippen molar-refractivity contribution in [3.05, 3.63) is 29.8 Å². The lowest BCUT2D eigenvalue weighted by molar-refractivity contribution is -0.126. The number of hydrogen-bond acceptors (Lipinski definition) is 3. The van der Waals surface area contributed by atoms with E-state index in [1.807, 2.05) is 24.3 Å².